The number of aromatic nitrogens is 4. The van der Waals surface area contributed by atoms with Gasteiger partial charge in [-0.05, 0) is 24.1 Å². The average molecular weight is 342 g/mol. The molecule has 0 saturated heterocycles. The molecule has 1 N–H and O–H groups in total. The normalized spacial score (nSPS) is 16.0. The number of ether oxygens (including phenoxy) is 2. The zero-order valence-corrected chi connectivity index (χ0v) is 14.0. The largest absolute Gasteiger partial charge is 0.490 e. The van der Waals surface area contributed by atoms with E-state index in [4.69, 9.17) is 9.47 Å². The Kier molecular flexibility index (Phi) is 3.60. The van der Waals surface area contributed by atoms with Gasteiger partial charge < -0.3 is 9.47 Å². The first kappa shape index (κ1) is 15.5. The van der Waals surface area contributed by atoms with E-state index in [1.165, 1.54) is 10.1 Å². The van der Waals surface area contributed by atoms with Gasteiger partial charge in [0.25, 0.3) is 11.6 Å². The Balaban J connectivity index is 1.52. The number of aryl methyl sites for hydroxylation is 2. The molecule has 1 aliphatic heterocycles. The number of imidazole rings is 1. The molecule has 3 aromatic rings. The van der Waals surface area contributed by atoms with E-state index in [-0.39, 0.29) is 6.10 Å². The van der Waals surface area contributed by atoms with E-state index >= 15 is 0 Å². The molecule has 3 heterocycles. The van der Waals surface area contributed by atoms with Crippen LogP contribution in [0, 0.1) is 0 Å². The van der Waals surface area contributed by atoms with E-state index in [0.717, 1.165) is 12.2 Å². The van der Waals surface area contributed by atoms with Gasteiger partial charge in [-0.2, -0.15) is 4.98 Å². The number of nitrogens with zero attached hydrogens (tertiary/aromatic N) is 3. The second-order valence-corrected chi connectivity index (χ2v) is 6.04. The minimum Gasteiger partial charge on any atom is -0.490 e. The predicted molar refractivity (Wildman–Crippen MR) is 91.3 cm³/mol. The fraction of sp³-hybridized carbons (Fsp3) is 0.353. The van der Waals surface area contributed by atoms with Crippen LogP contribution in [0.3, 0.4) is 0 Å². The average Bonchev–Trinajstić information content (AvgIpc) is 3.16. The summed E-state index contributed by atoms with van der Waals surface area (Å²) in [7, 11) is 1.56. The third kappa shape index (κ3) is 2.59. The van der Waals surface area contributed by atoms with Crippen molar-refractivity contribution < 1.29 is 9.47 Å². The lowest BCUT2D eigenvalue weighted by Gasteiger charge is -2.12. The number of H-pyrrole nitrogens is 1. The third-order valence-corrected chi connectivity index (χ3v) is 4.40. The van der Waals surface area contributed by atoms with Crippen LogP contribution >= 0.6 is 0 Å². The summed E-state index contributed by atoms with van der Waals surface area (Å²) in [4.78, 5) is 30.3. The fourth-order valence-corrected chi connectivity index (χ4v) is 2.96. The lowest BCUT2D eigenvalue weighted by Crippen LogP contribution is -2.30. The van der Waals surface area contributed by atoms with Crippen LogP contribution in [0.1, 0.15) is 12.5 Å². The smallest absolute Gasteiger partial charge is 0.329 e. The molecule has 8 nitrogen and oxygen atoms in total. The van der Waals surface area contributed by atoms with Crippen LogP contribution in [0.4, 0.5) is 0 Å². The van der Waals surface area contributed by atoms with Gasteiger partial charge in [-0.15, -0.1) is 0 Å². The van der Waals surface area contributed by atoms with Gasteiger partial charge in [0.2, 0.25) is 0 Å². The van der Waals surface area contributed by atoms with Crippen molar-refractivity contribution in [2.75, 3.05) is 6.61 Å². The molecule has 0 spiro atoms. The van der Waals surface area contributed by atoms with Gasteiger partial charge in [-0.1, -0.05) is 19.1 Å². The van der Waals surface area contributed by atoms with Gasteiger partial charge in [0, 0.05) is 7.05 Å². The molecule has 0 fully saturated rings. The topological polar surface area (TPSA) is 91.1 Å². The van der Waals surface area contributed by atoms with Crippen molar-refractivity contribution in [2.24, 2.45) is 7.05 Å². The number of hydrogen-bond donors (Lipinski definition) is 1. The highest BCUT2D eigenvalue weighted by atomic mass is 16.6. The van der Waals surface area contributed by atoms with Crippen LogP contribution in [-0.4, -0.2) is 31.8 Å². The van der Waals surface area contributed by atoms with E-state index in [9.17, 15) is 9.59 Å². The molecular formula is C17H18N4O4. The Hall–Kier alpha value is -3.03. The maximum atomic E-state index is 12.1. The van der Waals surface area contributed by atoms with Gasteiger partial charge in [-0.3, -0.25) is 18.9 Å². The quantitative estimate of drug-likeness (QED) is 0.758. The van der Waals surface area contributed by atoms with Crippen molar-refractivity contribution in [2.45, 2.75) is 26.0 Å². The summed E-state index contributed by atoms with van der Waals surface area (Å²) in [5, 5.41) is 0. The van der Waals surface area contributed by atoms with Gasteiger partial charge in [0.05, 0.1) is 6.54 Å². The van der Waals surface area contributed by atoms with Gasteiger partial charge in [-0.25, -0.2) is 4.79 Å². The molecule has 25 heavy (non-hydrogen) atoms. The van der Waals surface area contributed by atoms with Crippen LogP contribution < -0.4 is 20.7 Å². The highest BCUT2D eigenvalue weighted by Gasteiger charge is 2.29. The van der Waals surface area contributed by atoms with E-state index < -0.39 is 11.2 Å². The summed E-state index contributed by atoms with van der Waals surface area (Å²) in [5.74, 6) is 0.774. The number of nitrogens with one attached hydrogen (secondary N) is 1. The Labute approximate surface area is 142 Å². The number of hydrogen-bond acceptors (Lipinski definition) is 5. The molecule has 8 heteroatoms. The first-order valence-corrected chi connectivity index (χ1v) is 8.14. The van der Waals surface area contributed by atoms with Gasteiger partial charge >= 0.3 is 5.69 Å². The highest BCUT2D eigenvalue weighted by Crippen LogP contribution is 2.25. The second kappa shape index (κ2) is 5.80. The number of rotatable bonds is 4. The summed E-state index contributed by atoms with van der Waals surface area (Å²) in [6.45, 7) is 2.89. The summed E-state index contributed by atoms with van der Waals surface area (Å²) in [6.07, 6.45) is 0.742. The van der Waals surface area contributed by atoms with E-state index in [2.05, 4.69) is 16.9 Å². The summed E-state index contributed by atoms with van der Waals surface area (Å²) >= 11 is 0. The third-order valence-electron chi connectivity index (χ3n) is 4.40. The molecule has 130 valence electrons. The Morgan fingerprint density at radius 3 is 2.80 bits per heavy atom. The maximum Gasteiger partial charge on any atom is 0.329 e. The summed E-state index contributed by atoms with van der Waals surface area (Å²) < 4.78 is 14.5. The molecular weight excluding hydrogens is 324 g/mol. The van der Waals surface area contributed by atoms with Crippen LogP contribution in [0.5, 0.6) is 11.8 Å². The Morgan fingerprint density at radius 2 is 2.08 bits per heavy atom. The highest BCUT2D eigenvalue weighted by molar-refractivity contribution is 5.72. The SMILES string of the molecule is CCc1ccc(OC[C@@H]2Cn3c(nc4c3c(=O)[nH]c(=O)n4C)O2)cc1. The Morgan fingerprint density at radius 1 is 1.32 bits per heavy atom. The zero-order valence-electron chi connectivity index (χ0n) is 14.0. The molecule has 0 aliphatic carbocycles. The van der Waals surface area contributed by atoms with E-state index in [0.29, 0.717) is 30.3 Å². The molecule has 0 unspecified atom stereocenters. The lowest BCUT2D eigenvalue weighted by molar-refractivity contribution is 0.144. The standard InChI is InChI=1S/C17H18N4O4/c1-3-10-4-6-11(7-5-10)24-9-12-8-21-13-14(18-17(21)25-12)20(2)16(23)19-15(13)22/h4-7,12H,3,8-9H2,1-2H3,(H,19,22,23)/t12-/m0/s1. The molecule has 0 radical (unpaired) electrons. The van der Waals surface area contributed by atoms with Gasteiger partial charge in [0.1, 0.15) is 12.4 Å². The first-order chi connectivity index (χ1) is 12.1. The number of fused-ring (bicyclic) bond motifs is 3. The molecule has 4 rings (SSSR count). The molecule has 1 aliphatic rings. The fourth-order valence-electron chi connectivity index (χ4n) is 2.96. The molecule has 0 saturated carbocycles. The minimum absolute atomic E-state index is 0.241. The van der Waals surface area contributed by atoms with Crippen LogP contribution in [0.2, 0.25) is 0 Å². The lowest BCUT2D eigenvalue weighted by atomic mass is 10.2. The van der Waals surface area contributed by atoms with Crippen molar-refractivity contribution in [1.29, 1.82) is 0 Å². The minimum atomic E-state index is -0.496. The maximum absolute atomic E-state index is 12.1. The number of benzene rings is 1. The van der Waals surface area contributed by atoms with Crippen molar-refractivity contribution in [3.8, 4) is 11.8 Å². The summed E-state index contributed by atoms with van der Waals surface area (Å²) in [5.41, 5.74) is 0.952. The summed E-state index contributed by atoms with van der Waals surface area (Å²) in [6, 6.07) is 8.26. The van der Waals surface area contributed by atoms with Crippen LogP contribution in [0.15, 0.2) is 33.9 Å². The van der Waals surface area contributed by atoms with E-state index in [1.54, 1.807) is 11.6 Å². The van der Waals surface area contributed by atoms with Crippen LogP contribution in [-0.2, 0) is 20.0 Å². The molecule has 2 aromatic heterocycles. The number of aromatic amines is 1. The first-order valence-electron chi connectivity index (χ1n) is 8.14. The predicted octanol–water partition coefficient (Wildman–Crippen LogP) is 0.826. The van der Waals surface area contributed by atoms with Crippen molar-refractivity contribution in [1.82, 2.24) is 19.1 Å². The molecule has 1 aromatic carbocycles. The van der Waals surface area contributed by atoms with Crippen molar-refractivity contribution in [3.63, 3.8) is 0 Å². The van der Waals surface area contributed by atoms with Crippen molar-refractivity contribution in [3.05, 3.63) is 50.7 Å². The molecule has 0 bridgehead atoms. The zero-order chi connectivity index (χ0) is 17.6. The van der Waals surface area contributed by atoms with Crippen LogP contribution in [0.25, 0.3) is 11.2 Å². The Bertz CT molecular complexity index is 1050. The monoisotopic (exact) mass is 342 g/mol. The molecule has 1 atom stereocenters. The van der Waals surface area contributed by atoms with Crippen molar-refractivity contribution >= 4 is 11.2 Å². The molecule has 0 amide bonds. The van der Waals surface area contributed by atoms with E-state index in [1.807, 2.05) is 24.3 Å². The second-order valence-electron chi connectivity index (χ2n) is 6.04. The van der Waals surface area contributed by atoms with Gasteiger partial charge in [0.15, 0.2) is 17.3 Å².